The largest absolute Gasteiger partial charge is 0.352 e. The third-order valence-electron chi connectivity index (χ3n) is 6.01. The van der Waals surface area contributed by atoms with Gasteiger partial charge in [-0.15, -0.1) is 0 Å². The van der Waals surface area contributed by atoms with Crippen LogP contribution >= 0.6 is 34.8 Å². The Morgan fingerprint density at radius 1 is 1.06 bits per heavy atom. The van der Waals surface area contributed by atoms with E-state index in [1.54, 1.807) is 37.3 Å². The van der Waals surface area contributed by atoms with Crippen LogP contribution < -0.4 is 9.62 Å². The van der Waals surface area contributed by atoms with E-state index in [1.165, 1.54) is 17.0 Å². The molecule has 1 atom stereocenters. The Labute approximate surface area is 221 Å². The minimum atomic E-state index is -3.90. The highest BCUT2D eigenvalue weighted by Gasteiger charge is 2.32. The highest BCUT2D eigenvalue weighted by molar-refractivity contribution is 7.92. The Balaban J connectivity index is 1.90. The van der Waals surface area contributed by atoms with Crippen LogP contribution in [0.3, 0.4) is 0 Å². The van der Waals surface area contributed by atoms with Crippen molar-refractivity contribution in [3.05, 3.63) is 63.1 Å². The predicted molar refractivity (Wildman–Crippen MR) is 141 cm³/mol. The van der Waals surface area contributed by atoms with Gasteiger partial charge in [0, 0.05) is 17.6 Å². The number of amides is 2. The van der Waals surface area contributed by atoms with Crippen molar-refractivity contribution in [2.24, 2.45) is 0 Å². The van der Waals surface area contributed by atoms with E-state index >= 15 is 0 Å². The first-order chi connectivity index (χ1) is 16.5. The molecule has 1 saturated carbocycles. The van der Waals surface area contributed by atoms with Crippen molar-refractivity contribution in [3.8, 4) is 0 Å². The Bertz CT molecular complexity index is 1170. The van der Waals surface area contributed by atoms with Gasteiger partial charge >= 0.3 is 0 Å². The Morgan fingerprint density at radius 3 is 2.29 bits per heavy atom. The summed E-state index contributed by atoms with van der Waals surface area (Å²) in [5.41, 5.74) is 0.833. The van der Waals surface area contributed by atoms with Gasteiger partial charge in [-0.1, -0.05) is 65.8 Å². The summed E-state index contributed by atoms with van der Waals surface area (Å²) in [6, 6.07) is 10.7. The van der Waals surface area contributed by atoms with Crippen LogP contribution in [0.15, 0.2) is 42.5 Å². The van der Waals surface area contributed by atoms with Gasteiger partial charge in [-0.2, -0.15) is 0 Å². The molecule has 0 radical (unpaired) electrons. The third kappa shape index (κ3) is 7.26. The zero-order valence-electron chi connectivity index (χ0n) is 19.5. The second-order valence-electron chi connectivity index (χ2n) is 8.66. The number of hydrogen-bond acceptors (Lipinski definition) is 4. The summed E-state index contributed by atoms with van der Waals surface area (Å²) in [7, 11) is -3.90. The smallest absolute Gasteiger partial charge is 0.244 e. The number of benzene rings is 2. The molecular weight excluding hydrogens is 533 g/mol. The van der Waals surface area contributed by atoms with Crippen molar-refractivity contribution >= 4 is 62.3 Å². The first kappa shape index (κ1) is 27.6. The minimum absolute atomic E-state index is 0.0173. The molecular formula is C24H28Cl3N3O4S. The van der Waals surface area contributed by atoms with Crippen LogP contribution in [0.1, 0.15) is 38.2 Å². The number of sulfonamides is 1. The van der Waals surface area contributed by atoms with E-state index in [1.807, 2.05) is 0 Å². The van der Waals surface area contributed by atoms with E-state index in [4.69, 9.17) is 34.8 Å². The molecule has 0 bridgehead atoms. The molecule has 35 heavy (non-hydrogen) atoms. The van der Waals surface area contributed by atoms with Crippen molar-refractivity contribution in [3.63, 3.8) is 0 Å². The predicted octanol–water partition coefficient (Wildman–Crippen LogP) is 4.89. The van der Waals surface area contributed by atoms with Crippen molar-refractivity contribution in [2.75, 3.05) is 17.1 Å². The summed E-state index contributed by atoms with van der Waals surface area (Å²) < 4.78 is 26.2. The highest BCUT2D eigenvalue weighted by atomic mass is 35.5. The molecule has 190 valence electrons. The number of halogens is 3. The lowest BCUT2D eigenvalue weighted by molar-refractivity contribution is -0.139. The monoisotopic (exact) mass is 559 g/mol. The van der Waals surface area contributed by atoms with Crippen molar-refractivity contribution in [1.82, 2.24) is 10.2 Å². The van der Waals surface area contributed by atoms with E-state index in [0.29, 0.717) is 5.02 Å². The van der Waals surface area contributed by atoms with E-state index in [9.17, 15) is 18.0 Å². The maximum absolute atomic E-state index is 13.6. The van der Waals surface area contributed by atoms with Crippen LogP contribution in [0.2, 0.25) is 15.1 Å². The van der Waals surface area contributed by atoms with Crippen LogP contribution in [-0.2, 0) is 26.2 Å². The Kier molecular flexibility index (Phi) is 9.32. The van der Waals surface area contributed by atoms with Crippen LogP contribution in [-0.4, -0.2) is 50.0 Å². The SMILES string of the molecule is C[C@H](C(=O)NC1CCCC1)N(Cc1ccc(Cl)cc1)C(=O)CN(c1cccc(Cl)c1Cl)S(C)(=O)=O. The zero-order chi connectivity index (χ0) is 25.8. The normalized spacial score (nSPS) is 15.0. The number of nitrogens with zero attached hydrogens (tertiary/aromatic N) is 2. The molecule has 0 aromatic heterocycles. The first-order valence-corrected chi connectivity index (χ1v) is 14.2. The molecule has 1 aliphatic carbocycles. The molecule has 1 N–H and O–H groups in total. The molecule has 0 heterocycles. The molecule has 2 aromatic carbocycles. The third-order valence-corrected chi connectivity index (χ3v) is 8.20. The standard InChI is InChI=1S/C24H28Cl3N3O4S/c1-16(24(32)28-19-6-3-4-7-19)29(14-17-10-12-18(25)13-11-17)22(31)15-30(35(2,33)34)21-9-5-8-20(26)23(21)27/h5,8-13,16,19H,3-4,6-7,14-15H2,1-2H3,(H,28,32)/t16-/m1/s1. The van der Waals surface area contributed by atoms with Gasteiger partial charge in [-0.3, -0.25) is 13.9 Å². The number of anilines is 1. The molecule has 2 aromatic rings. The molecule has 0 unspecified atom stereocenters. The summed E-state index contributed by atoms with van der Waals surface area (Å²) in [6.45, 7) is 1.18. The molecule has 0 aliphatic heterocycles. The number of carbonyl (C=O) groups excluding carboxylic acids is 2. The molecule has 3 rings (SSSR count). The van der Waals surface area contributed by atoms with E-state index in [0.717, 1.165) is 41.8 Å². The topological polar surface area (TPSA) is 86.8 Å². The van der Waals surface area contributed by atoms with Gasteiger partial charge in [-0.05, 0) is 49.6 Å². The molecule has 11 heteroatoms. The fourth-order valence-corrected chi connectivity index (χ4v) is 5.47. The number of hydrogen-bond donors (Lipinski definition) is 1. The van der Waals surface area contributed by atoms with E-state index in [-0.39, 0.29) is 34.2 Å². The first-order valence-electron chi connectivity index (χ1n) is 11.2. The minimum Gasteiger partial charge on any atom is -0.352 e. The molecule has 1 aliphatic rings. The summed E-state index contributed by atoms with van der Waals surface area (Å²) in [6.07, 6.45) is 4.89. The van der Waals surface area contributed by atoms with Crippen LogP contribution in [0.5, 0.6) is 0 Å². The van der Waals surface area contributed by atoms with Crippen LogP contribution in [0.25, 0.3) is 0 Å². The van der Waals surface area contributed by atoms with Gasteiger partial charge < -0.3 is 10.2 Å². The fraction of sp³-hybridized carbons (Fsp3) is 0.417. The average molecular weight is 561 g/mol. The second-order valence-corrected chi connectivity index (χ2v) is 11.8. The van der Waals surface area contributed by atoms with Crippen molar-refractivity contribution in [1.29, 1.82) is 0 Å². The Morgan fingerprint density at radius 2 is 1.69 bits per heavy atom. The number of nitrogens with one attached hydrogen (secondary N) is 1. The van der Waals surface area contributed by atoms with Gasteiger partial charge in [0.1, 0.15) is 12.6 Å². The van der Waals surface area contributed by atoms with Crippen LogP contribution in [0, 0.1) is 0 Å². The summed E-state index contributed by atoms with van der Waals surface area (Å²) >= 11 is 18.3. The van der Waals surface area contributed by atoms with Gasteiger partial charge in [-0.25, -0.2) is 8.42 Å². The number of carbonyl (C=O) groups is 2. The lowest BCUT2D eigenvalue weighted by Crippen LogP contribution is -2.52. The molecule has 7 nitrogen and oxygen atoms in total. The maximum Gasteiger partial charge on any atom is 0.244 e. The summed E-state index contributed by atoms with van der Waals surface area (Å²) in [4.78, 5) is 28.0. The molecule has 0 saturated heterocycles. The lowest BCUT2D eigenvalue weighted by atomic mass is 10.1. The average Bonchev–Trinajstić information content (AvgIpc) is 3.31. The lowest BCUT2D eigenvalue weighted by Gasteiger charge is -2.32. The van der Waals surface area contributed by atoms with E-state index in [2.05, 4.69) is 5.32 Å². The maximum atomic E-state index is 13.6. The summed E-state index contributed by atoms with van der Waals surface area (Å²) in [5.74, 6) is -0.846. The molecule has 2 amide bonds. The van der Waals surface area contributed by atoms with E-state index < -0.39 is 28.5 Å². The second kappa shape index (κ2) is 11.8. The summed E-state index contributed by atoms with van der Waals surface area (Å²) in [5, 5.41) is 3.73. The van der Waals surface area contributed by atoms with Crippen molar-refractivity contribution < 1.29 is 18.0 Å². The van der Waals surface area contributed by atoms with Gasteiger partial charge in [0.25, 0.3) is 0 Å². The molecule has 0 spiro atoms. The quantitative estimate of drug-likeness (QED) is 0.473. The fourth-order valence-electron chi connectivity index (χ4n) is 4.04. The van der Waals surface area contributed by atoms with Crippen molar-refractivity contribution in [2.45, 2.75) is 51.2 Å². The molecule has 1 fully saturated rings. The Hall–Kier alpha value is -2.00. The number of rotatable bonds is 9. The van der Waals surface area contributed by atoms with Gasteiger partial charge in [0.2, 0.25) is 21.8 Å². The van der Waals surface area contributed by atoms with Gasteiger partial charge in [0.15, 0.2) is 0 Å². The zero-order valence-corrected chi connectivity index (χ0v) is 22.6. The highest BCUT2D eigenvalue weighted by Crippen LogP contribution is 2.33. The van der Waals surface area contributed by atoms with Gasteiger partial charge in [0.05, 0.1) is 22.0 Å². The van der Waals surface area contributed by atoms with Crippen LogP contribution in [0.4, 0.5) is 5.69 Å².